The van der Waals surface area contributed by atoms with E-state index in [-0.39, 0.29) is 24.4 Å². The highest BCUT2D eigenvalue weighted by Crippen LogP contribution is 2.06. The Labute approximate surface area is 118 Å². The van der Waals surface area contributed by atoms with Gasteiger partial charge in [-0.1, -0.05) is 13.3 Å². The molecule has 0 radical (unpaired) electrons. The largest absolute Gasteiger partial charge is 0.391 e. The Kier molecular flexibility index (Phi) is 6.27. The highest BCUT2D eigenvalue weighted by molar-refractivity contribution is 5.92. The zero-order valence-electron chi connectivity index (χ0n) is 11.0. The van der Waals surface area contributed by atoms with Gasteiger partial charge in [-0.05, 0) is 25.5 Å². The van der Waals surface area contributed by atoms with E-state index in [4.69, 9.17) is 0 Å². The van der Waals surface area contributed by atoms with Gasteiger partial charge in [-0.25, -0.2) is 0 Å². The van der Waals surface area contributed by atoms with Gasteiger partial charge in [0.2, 0.25) is 0 Å². The lowest BCUT2D eigenvalue weighted by molar-refractivity contribution is 0.0751. The molecule has 1 aromatic heterocycles. The molecule has 1 aliphatic heterocycles. The molecule has 0 saturated carbocycles. The van der Waals surface area contributed by atoms with Crippen molar-refractivity contribution < 1.29 is 9.90 Å². The lowest BCUT2D eigenvalue weighted by atomic mass is 10.0. The van der Waals surface area contributed by atoms with Crippen LogP contribution < -0.4 is 10.6 Å². The molecule has 2 heterocycles. The van der Waals surface area contributed by atoms with E-state index in [1.54, 1.807) is 6.07 Å². The van der Waals surface area contributed by atoms with Crippen molar-refractivity contribution in [1.82, 2.24) is 20.8 Å². The van der Waals surface area contributed by atoms with Gasteiger partial charge in [0.25, 0.3) is 5.91 Å². The number of nitrogens with one attached hydrogen (secondary N) is 3. The van der Waals surface area contributed by atoms with Crippen molar-refractivity contribution in [3.05, 3.63) is 17.5 Å². The fraction of sp³-hybridized carbons (Fsp3) is 0.667. The van der Waals surface area contributed by atoms with Crippen LogP contribution in [0.4, 0.5) is 0 Å². The number of halogens is 1. The maximum atomic E-state index is 11.9. The van der Waals surface area contributed by atoms with Crippen molar-refractivity contribution in [2.75, 3.05) is 13.1 Å². The summed E-state index contributed by atoms with van der Waals surface area (Å²) in [5, 5.41) is 22.6. The minimum Gasteiger partial charge on any atom is -0.391 e. The molecular formula is C12H21ClN4O2. The van der Waals surface area contributed by atoms with Gasteiger partial charge in [-0.15, -0.1) is 12.4 Å². The Hall–Kier alpha value is -1.11. The Morgan fingerprint density at radius 1 is 1.63 bits per heavy atom. The maximum Gasteiger partial charge on any atom is 0.272 e. The van der Waals surface area contributed by atoms with E-state index in [1.807, 2.05) is 0 Å². The molecular weight excluding hydrogens is 268 g/mol. The molecule has 4 N–H and O–H groups in total. The second kappa shape index (κ2) is 7.47. The Bertz CT molecular complexity index is 410. The summed E-state index contributed by atoms with van der Waals surface area (Å²) >= 11 is 0. The SMILES string of the molecule is CCCc1cc(C(=O)N[C@H]2CNCC[C@H]2O)n[nH]1.Cl. The number of carbonyl (C=O) groups excluding carboxylic acids is 1. The summed E-state index contributed by atoms with van der Waals surface area (Å²) in [5.74, 6) is -0.235. The molecule has 0 unspecified atom stereocenters. The third-order valence-corrected chi connectivity index (χ3v) is 3.14. The predicted molar refractivity (Wildman–Crippen MR) is 74.6 cm³/mol. The molecule has 0 aromatic carbocycles. The first-order valence-corrected chi connectivity index (χ1v) is 6.44. The van der Waals surface area contributed by atoms with Gasteiger partial charge >= 0.3 is 0 Å². The molecule has 0 aliphatic carbocycles. The molecule has 1 aliphatic rings. The second-order valence-corrected chi connectivity index (χ2v) is 4.67. The minimum absolute atomic E-state index is 0. The van der Waals surface area contributed by atoms with E-state index in [2.05, 4.69) is 27.8 Å². The van der Waals surface area contributed by atoms with E-state index in [0.717, 1.165) is 25.1 Å². The Balaban J connectivity index is 0.00000180. The van der Waals surface area contributed by atoms with Crippen LogP contribution in [0.25, 0.3) is 0 Å². The molecule has 1 saturated heterocycles. The van der Waals surface area contributed by atoms with Crippen molar-refractivity contribution in [1.29, 1.82) is 0 Å². The van der Waals surface area contributed by atoms with Crippen molar-refractivity contribution in [2.45, 2.75) is 38.3 Å². The summed E-state index contributed by atoms with van der Waals surface area (Å²) in [6.45, 7) is 3.46. The fourth-order valence-electron chi connectivity index (χ4n) is 2.11. The average molecular weight is 289 g/mol. The predicted octanol–water partition coefficient (Wildman–Crippen LogP) is 0.237. The van der Waals surface area contributed by atoms with Crippen LogP contribution in [0.3, 0.4) is 0 Å². The van der Waals surface area contributed by atoms with Crippen molar-refractivity contribution in [3.63, 3.8) is 0 Å². The Morgan fingerprint density at radius 2 is 2.42 bits per heavy atom. The number of rotatable bonds is 4. The van der Waals surface area contributed by atoms with Crippen molar-refractivity contribution in [3.8, 4) is 0 Å². The van der Waals surface area contributed by atoms with E-state index in [1.165, 1.54) is 0 Å². The van der Waals surface area contributed by atoms with Crippen LogP contribution in [0.15, 0.2) is 6.07 Å². The standard InChI is InChI=1S/C12H20N4O2.ClH/c1-2-3-8-6-9(16-15-8)12(18)14-10-7-13-5-4-11(10)17;/h6,10-11,13,17H,2-5,7H2,1H3,(H,14,18)(H,15,16);1H/t10-,11+;/m0./s1. The number of aryl methyl sites for hydroxylation is 1. The van der Waals surface area contributed by atoms with Gasteiger partial charge < -0.3 is 15.7 Å². The van der Waals surface area contributed by atoms with Gasteiger partial charge in [0.05, 0.1) is 12.1 Å². The summed E-state index contributed by atoms with van der Waals surface area (Å²) < 4.78 is 0. The molecule has 2 atom stereocenters. The van der Waals surface area contributed by atoms with Crippen LogP contribution in [0, 0.1) is 0 Å². The summed E-state index contributed by atoms with van der Waals surface area (Å²) in [6, 6.07) is 1.53. The molecule has 7 heteroatoms. The van der Waals surface area contributed by atoms with Crippen molar-refractivity contribution >= 4 is 18.3 Å². The van der Waals surface area contributed by atoms with Gasteiger partial charge in [-0.2, -0.15) is 5.10 Å². The summed E-state index contributed by atoms with van der Waals surface area (Å²) in [6.07, 6.45) is 2.07. The monoisotopic (exact) mass is 288 g/mol. The van der Waals surface area contributed by atoms with Crippen LogP contribution in [0.2, 0.25) is 0 Å². The first-order chi connectivity index (χ1) is 8.70. The molecule has 2 rings (SSSR count). The van der Waals surface area contributed by atoms with Gasteiger partial charge in [0, 0.05) is 12.2 Å². The Morgan fingerprint density at radius 3 is 3.11 bits per heavy atom. The zero-order chi connectivity index (χ0) is 13.0. The number of nitrogens with zero attached hydrogens (tertiary/aromatic N) is 1. The zero-order valence-corrected chi connectivity index (χ0v) is 11.8. The number of aromatic nitrogens is 2. The van der Waals surface area contributed by atoms with Crippen molar-refractivity contribution in [2.24, 2.45) is 0 Å². The van der Waals surface area contributed by atoms with Crippen LogP contribution in [-0.4, -0.2) is 46.4 Å². The number of carbonyl (C=O) groups is 1. The van der Waals surface area contributed by atoms with Gasteiger partial charge in [-0.3, -0.25) is 9.89 Å². The van der Waals surface area contributed by atoms with Crippen LogP contribution in [-0.2, 0) is 6.42 Å². The number of hydrogen-bond acceptors (Lipinski definition) is 4. The summed E-state index contributed by atoms with van der Waals surface area (Å²) in [5.41, 5.74) is 1.35. The first-order valence-electron chi connectivity index (χ1n) is 6.44. The lowest BCUT2D eigenvalue weighted by Gasteiger charge is -2.28. The average Bonchev–Trinajstić information content (AvgIpc) is 2.81. The summed E-state index contributed by atoms with van der Waals surface area (Å²) in [7, 11) is 0. The number of H-pyrrole nitrogens is 1. The van der Waals surface area contributed by atoms with E-state index < -0.39 is 6.10 Å². The lowest BCUT2D eigenvalue weighted by Crippen LogP contribution is -2.53. The number of aliphatic hydroxyl groups is 1. The van der Waals surface area contributed by atoms with E-state index in [9.17, 15) is 9.90 Å². The topological polar surface area (TPSA) is 90.0 Å². The minimum atomic E-state index is -0.482. The highest BCUT2D eigenvalue weighted by Gasteiger charge is 2.25. The smallest absolute Gasteiger partial charge is 0.272 e. The molecule has 1 aromatic rings. The van der Waals surface area contributed by atoms with Crippen LogP contribution in [0.1, 0.15) is 35.9 Å². The first kappa shape index (κ1) is 15.9. The third-order valence-electron chi connectivity index (χ3n) is 3.14. The fourth-order valence-corrected chi connectivity index (χ4v) is 2.11. The number of piperidine rings is 1. The molecule has 0 bridgehead atoms. The number of aliphatic hydroxyl groups excluding tert-OH is 1. The second-order valence-electron chi connectivity index (χ2n) is 4.67. The quantitative estimate of drug-likeness (QED) is 0.639. The van der Waals surface area contributed by atoms with Crippen LogP contribution in [0.5, 0.6) is 0 Å². The highest BCUT2D eigenvalue weighted by atomic mass is 35.5. The number of aromatic amines is 1. The molecule has 108 valence electrons. The van der Waals surface area contributed by atoms with Gasteiger partial charge in [0.1, 0.15) is 5.69 Å². The third kappa shape index (κ3) is 4.19. The molecule has 6 nitrogen and oxygen atoms in total. The van der Waals surface area contributed by atoms with E-state index in [0.29, 0.717) is 18.7 Å². The number of hydrogen-bond donors (Lipinski definition) is 4. The molecule has 1 amide bonds. The maximum absolute atomic E-state index is 11.9. The molecule has 19 heavy (non-hydrogen) atoms. The normalized spacial score (nSPS) is 22.6. The van der Waals surface area contributed by atoms with E-state index >= 15 is 0 Å². The summed E-state index contributed by atoms with van der Waals surface area (Å²) in [4.78, 5) is 11.9. The van der Waals surface area contributed by atoms with Crippen LogP contribution >= 0.6 is 12.4 Å². The number of amides is 1. The molecule has 1 fully saturated rings. The molecule has 0 spiro atoms. The van der Waals surface area contributed by atoms with Gasteiger partial charge in [0.15, 0.2) is 0 Å².